The Morgan fingerprint density at radius 3 is 2.68 bits per heavy atom. The number of aryl methyl sites for hydroxylation is 1. The first kappa shape index (κ1) is 14.9. The lowest BCUT2D eigenvalue weighted by atomic mass is 10.1. The lowest BCUT2D eigenvalue weighted by Crippen LogP contribution is -2.38. The second-order valence-electron chi connectivity index (χ2n) is 5.87. The number of ether oxygens (including phenoxy) is 1. The third-order valence-corrected chi connectivity index (χ3v) is 3.95. The smallest absolute Gasteiger partial charge is 0.233 e. The minimum atomic E-state index is -0.254. The molecule has 2 aromatic rings. The average molecular weight is 301 g/mol. The molecule has 4 nitrogen and oxygen atoms in total. The number of rotatable bonds is 3. The Morgan fingerprint density at radius 2 is 2.00 bits per heavy atom. The summed E-state index contributed by atoms with van der Waals surface area (Å²) in [7, 11) is 2.10. The number of halogens is 1. The summed E-state index contributed by atoms with van der Waals surface area (Å²) in [6.07, 6.45) is 2.36. The molecule has 22 heavy (non-hydrogen) atoms. The van der Waals surface area contributed by atoms with Crippen LogP contribution in [0.15, 0.2) is 30.3 Å². The monoisotopic (exact) mass is 301 g/mol. The molecule has 1 saturated heterocycles. The van der Waals surface area contributed by atoms with Crippen molar-refractivity contribution in [1.29, 1.82) is 0 Å². The minimum Gasteiger partial charge on any atom is -0.472 e. The highest BCUT2D eigenvalue weighted by Crippen LogP contribution is 2.24. The highest BCUT2D eigenvalue weighted by molar-refractivity contribution is 5.62. The Kier molecular flexibility index (Phi) is 4.34. The Hall–Kier alpha value is -2.01. The maximum Gasteiger partial charge on any atom is 0.233 e. The molecule has 0 N–H and O–H groups in total. The predicted molar refractivity (Wildman–Crippen MR) is 83.3 cm³/mol. The maximum atomic E-state index is 13.0. The van der Waals surface area contributed by atoms with E-state index < -0.39 is 0 Å². The fraction of sp³-hybridized carbons (Fsp3) is 0.412. The van der Waals surface area contributed by atoms with Gasteiger partial charge in [-0.25, -0.2) is 4.39 Å². The summed E-state index contributed by atoms with van der Waals surface area (Å²) in [5.74, 6) is 0.305. The van der Waals surface area contributed by atoms with Gasteiger partial charge in [-0.2, -0.15) is 0 Å². The number of piperidine rings is 1. The van der Waals surface area contributed by atoms with Gasteiger partial charge in [-0.3, -0.25) is 0 Å². The van der Waals surface area contributed by atoms with Crippen molar-refractivity contribution in [1.82, 2.24) is 15.1 Å². The largest absolute Gasteiger partial charge is 0.472 e. The van der Waals surface area contributed by atoms with Gasteiger partial charge in [0.25, 0.3) is 0 Å². The van der Waals surface area contributed by atoms with Crippen LogP contribution in [0.2, 0.25) is 0 Å². The SMILES string of the molecule is Cc1cc(O[C@@H]2CCCN(C)C2)nnc1-c1ccc(F)cc1. The Labute approximate surface area is 129 Å². The van der Waals surface area contributed by atoms with Crippen molar-refractivity contribution in [3.8, 4) is 17.1 Å². The first-order chi connectivity index (χ1) is 10.6. The van der Waals surface area contributed by atoms with Crippen LogP contribution in [-0.4, -0.2) is 41.3 Å². The zero-order valence-electron chi connectivity index (χ0n) is 12.9. The third-order valence-electron chi connectivity index (χ3n) is 3.95. The van der Waals surface area contributed by atoms with Crippen LogP contribution in [0.4, 0.5) is 4.39 Å². The van der Waals surface area contributed by atoms with Crippen LogP contribution >= 0.6 is 0 Å². The summed E-state index contributed by atoms with van der Waals surface area (Å²) in [6, 6.07) is 8.18. The summed E-state index contributed by atoms with van der Waals surface area (Å²) in [4.78, 5) is 2.27. The van der Waals surface area contributed by atoms with Gasteiger partial charge in [0.2, 0.25) is 5.88 Å². The van der Waals surface area contributed by atoms with Gasteiger partial charge in [0.15, 0.2) is 0 Å². The summed E-state index contributed by atoms with van der Waals surface area (Å²) < 4.78 is 18.9. The van der Waals surface area contributed by atoms with E-state index in [1.54, 1.807) is 12.1 Å². The van der Waals surface area contributed by atoms with Gasteiger partial charge in [0, 0.05) is 18.2 Å². The number of aromatic nitrogens is 2. The van der Waals surface area contributed by atoms with E-state index in [1.807, 2.05) is 13.0 Å². The molecule has 1 aromatic heterocycles. The zero-order chi connectivity index (χ0) is 15.5. The molecule has 0 bridgehead atoms. The molecule has 2 heterocycles. The van der Waals surface area contributed by atoms with Crippen molar-refractivity contribution in [2.45, 2.75) is 25.9 Å². The number of nitrogens with zero attached hydrogens (tertiary/aromatic N) is 3. The van der Waals surface area contributed by atoms with Gasteiger partial charge >= 0.3 is 0 Å². The lowest BCUT2D eigenvalue weighted by molar-refractivity contribution is 0.0990. The Morgan fingerprint density at radius 1 is 1.23 bits per heavy atom. The molecular formula is C17H20FN3O. The molecular weight excluding hydrogens is 281 g/mol. The zero-order valence-corrected chi connectivity index (χ0v) is 12.9. The molecule has 1 atom stereocenters. The van der Waals surface area contributed by atoms with E-state index in [0.717, 1.165) is 42.8 Å². The van der Waals surface area contributed by atoms with Gasteiger partial charge in [-0.05, 0) is 63.2 Å². The van der Waals surface area contributed by atoms with E-state index >= 15 is 0 Å². The molecule has 1 fully saturated rings. The molecule has 0 saturated carbocycles. The van der Waals surface area contributed by atoms with Crippen molar-refractivity contribution in [2.75, 3.05) is 20.1 Å². The third kappa shape index (κ3) is 3.42. The van der Waals surface area contributed by atoms with Crippen LogP contribution in [0.1, 0.15) is 18.4 Å². The van der Waals surface area contributed by atoms with Crippen molar-refractivity contribution < 1.29 is 9.13 Å². The molecule has 0 amide bonds. The summed E-state index contributed by atoms with van der Waals surface area (Å²) in [5, 5.41) is 8.42. The molecule has 1 aliphatic rings. The van der Waals surface area contributed by atoms with Crippen LogP contribution in [0, 0.1) is 12.7 Å². The molecule has 5 heteroatoms. The van der Waals surface area contributed by atoms with Crippen LogP contribution in [0.3, 0.4) is 0 Å². The maximum absolute atomic E-state index is 13.0. The minimum absolute atomic E-state index is 0.170. The normalized spacial score (nSPS) is 19.1. The molecule has 3 rings (SSSR count). The molecule has 1 aliphatic heterocycles. The van der Waals surface area contributed by atoms with Gasteiger partial charge in [0.05, 0.1) is 5.69 Å². The fourth-order valence-corrected chi connectivity index (χ4v) is 2.80. The fourth-order valence-electron chi connectivity index (χ4n) is 2.80. The molecule has 0 unspecified atom stereocenters. The topological polar surface area (TPSA) is 38.2 Å². The highest BCUT2D eigenvalue weighted by Gasteiger charge is 2.19. The standard InChI is InChI=1S/C17H20FN3O/c1-12-10-16(22-15-4-3-9-21(2)11-15)19-20-17(12)13-5-7-14(18)8-6-13/h5-8,10,15H,3-4,9,11H2,1-2H3/t15-/m1/s1. The van der Waals surface area contributed by atoms with E-state index in [4.69, 9.17) is 4.74 Å². The molecule has 0 spiro atoms. The first-order valence-corrected chi connectivity index (χ1v) is 7.57. The van der Waals surface area contributed by atoms with Crippen molar-refractivity contribution in [2.24, 2.45) is 0 Å². The number of likely N-dealkylation sites (tertiary alicyclic amines) is 1. The van der Waals surface area contributed by atoms with E-state index in [9.17, 15) is 4.39 Å². The van der Waals surface area contributed by atoms with Crippen LogP contribution in [0.5, 0.6) is 5.88 Å². The van der Waals surface area contributed by atoms with E-state index in [0.29, 0.717) is 5.88 Å². The van der Waals surface area contributed by atoms with E-state index in [1.165, 1.54) is 12.1 Å². The average Bonchev–Trinajstić information content (AvgIpc) is 2.49. The quantitative estimate of drug-likeness (QED) is 0.873. The Balaban J connectivity index is 1.75. The molecule has 116 valence electrons. The second kappa shape index (κ2) is 6.40. The summed E-state index contributed by atoms with van der Waals surface area (Å²) >= 11 is 0. The predicted octanol–water partition coefficient (Wildman–Crippen LogP) is 3.06. The van der Waals surface area contributed by atoms with Gasteiger partial charge < -0.3 is 9.64 Å². The number of benzene rings is 1. The van der Waals surface area contributed by atoms with Crippen LogP contribution in [0.25, 0.3) is 11.3 Å². The van der Waals surface area contributed by atoms with Crippen LogP contribution < -0.4 is 4.74 Å². The number of likely N-dealkylation sites (N-methyl/N-ethyl adjacent to an activating group) is 1. The second-order valence-corrected chi connectivity index (χ2v) is 5.87. The molecule has 1 aromatic carbocycles. The summed E-state index contributed by atoms with van der Waals surface area (Å²) in [5.41, 5.74) is 2.59. The van der Waals surface area contributed by atoms with Gasteiger partial charge in [-0.15, -0.1) is 10.2 Å². The Bertz CT molecular complexity index is 645. The van der Waals surface area contributed by atoms with E-state index in [2.05, 4.69) is 22.1 Å². The molecule has 0 aliphatic carbocycles. The highest BCUT2D eigenvalue weighted by atomic mass is 19.1. The summed E-state index contributed by atoms with van der Waals surface area (Å²) in [6.45, 7) is 4.00. The van der Waals surface area contributed by atoms with Crippen molar-refractivity contribution in [3.63, 3.8) is 0 Å². The van der Waals surface area contributed by atoms with Gasteiger partial charge in [-0.1, -0.05) is 0 Å². The van der Waals surface area contributed by atoms with Crippen molar-refractivity contribution in [3.05, 3.63) is 41.7 Å². The van der Waals surface area contributed by atoms with E-state index in [-0.39, 0.29) is 11.9 Å². The first-order valence-electron chi connectivity index (χ1n) is 7.57. The van der Waals surface area contributed by atoms with Crippen molar-refractivity contribution >= 4 is 0 Å². The van der Waals surface area contributed by atoms with Gasteiger partial charge in [0.1, 0.15) is 11.9 Å². The number of hydrogen-bond donors (Lipinski definition) is 0. The lowest BCUT2D eigenvalue weighted by Gasteiger charge is -2.29. The van der Waals surface area contributed by atoms with Crippen LogP contribution in [-0.2, 0) is 0 Å². The molecule has 0 radical (unpaired) electrons. The number of hydrogen-bond acceptors (Lipinski definition) is 4.